The molecule has 3 N–H and O–H groups in total. The molecule has 5 nitrogen and oxygen atoms in total. The van der Waals surface area contributed by atoms with Crippen LogP contribution in [0.5, 0.6) is 0 Å². The molecule has 1 rings (SSSR count). The van der Waals surface area contributed by atoms with Crippen molar-refractivity contribution in [2.24, 2.45) is 10.4 Å². The number of hydrogen-bond donors (Lipinski definition) is 3. The van der Waals surface area contributed by atoms with Gasteiger partial charge in [0.05, 0.1) is 13.2 Å². The maximum Gasteiger partial charge on any atom is 0.191 e. The summed E-state index contributed by atoms with van der Waals surface area (Å²) in [5, 5.41) is 15.5. The van der Waals surface area contributed by atoms with Crippen LogP contribution in [0.2, 0.25) is 0 Å². The van der Waals surface area contributed by atoms with E-state index in [0.717, 1.165) is 38.5 Å². The molecule has 1 unspecified atom stereocenters. The number of guanidine groups is 1. The third-order valence-electron chi connectivity index (χ3n) is 3.09. The Morgan fingerprint density at radius 3 is 2.53 bits per heavy atom. The van der Waals surface area contributed by atoms with Crippen LogP contribution in [0.1, 0.15) is 26.7 Å². The van der Waals surface area contributed by atoms with Crippen molar-refractivity contribution >= 4 is 5.96 Å². The summed E-state index contributed by atoms with van der Waals surface area (Å²) in [6.45, 7) is 8.23. The Bertz CT molecular complexity index is 230. The van der Waals surface area contributed by atoms with Crippen LogP contribution in [0.3, 0.4) is 0 Å². The summed E-state index contributed by atoms with van der Waals surface area (Å²) in [5.74, 6) is 0.846. The van der Waals surface area contributed by atoms with Gasteiger partial charge in [0.1, 0.15) is 0 Å². The van der Waals surface area contributed by atoms with E-state index in [9.17, 15) is 0 Å². The first-order valence-electron chi connectivity index (χ1n) is 6.47. The number of hydrogen-bond acceptors (Lipinski definition) is 3. The van der Waals surface area contributed by atoms with Crippen LogP contribution in [-0.4, -0.2) is 50.5 Å². The summed E-state index contributed by atoms with van der Waals surface area (Å²) in [7, 11) is 0. The Labute approximate surface area is 104 Å². The molecule has 0 spiro atoms. The number of aliphatic hydroxyl groups is 1. The van der Waals surface area contributed by atoms with Gasteiger partial charge in [-0.3, -0.25) is 4.99 Å². The molecule has 1 heterocycles. The summed E-state index contributed by atoms with van der Waals surface area (Å²) in [5.41, 5.74) is 0.0326. The summed E-state index contributed by atoms with van der Waals surface area (Å²) >= 11 is 0. The molecule has 100 valence electrons. The minimum absolute atomic E-state index is 0.0326. The Morgan fingerprint density at radius 1 is 1.35 bits per heavy atom. The Hall–Kier alpha value is -0.810. The fraction of sp³-hybridized carbons (Fsp3) is 0.917. The monoisotopic (exact) mass is 243 g/mol. The highest BCUT2D eigenvalue weighted by atomic mass is 16.5. The van der Waals surface area contributed by atoms with Crippen molar-refractivity contribution in [2.75, 3.05) is 39.5 Å². The molecular formula is C12H25N3O2. The SMILES string of the molecule is CCNC(=NCC1(CCO)CCOC1)NCC. The average molecular weight is 243 g/mol. The lowest BCUT2D eigenvalue weighted by molar-refractivity contribution is 0.131. The zero-order valence-corrected chi connectivity index (χ0v) is 11.0. The number of aliphatic imine (C=N–C) groups is 1. The molecule has 0 aliphatic carbocycles. The van der Waals surface area contributed by atoms with Crippen LogP contribution in [0.15, 0.2) is 4.99 Å². The van der Waals surface area contributed by atoms with E-state index in [1.165, 1.54) is 0 Å². The van der Waals surface area contributed by atoms with Crippen LogP contribution in [0.4, 0.5) is 0 Å². The molecule has 0 radical (unpaired) electrons. The second-order valence-electron chi connectivity index (χ2n) is 4.50. The van der Waals surface area contributed by atoms with E-state index in [4.69, 9.17) is 9.84 Å². The van der Waals surface area contributed by atoms with Gasteiger partial charge in [-0.2, -0.15) is 0 Å². The van der Waals surface area contributed by atoms with Crippen LogP contribution < -0.4 is 10.6 Å². The average Bonchev–Trinajstić information content (AvgIpc) is 2.76. The van der Waals surface area contributed by atoms with Crippen molar-refractivity contribution in [3.63, 3.8) is 0 Å². The van der Waals surface area contributed by atoms with Crippen LogP contribution >= 0.6 is 0 Å². The number of aliphatic hydroxyl groups excluding tert-OH is 1. The zero-order chi connectivity index (χ0) is 12.6. The van der Waals surface area contributed by atoms with Crippen molar-refractivity contribution < 1.29 is 9.84 Å². The maximum absolute atomic E-state index is 9.13. The molecule has 1 atom stereocenters. The molecule has 0 amide bonds. The van der Waals surface area contributed by atoms with Gasteiger partial charge in [-0.25, -0.2) is 0 Å². The first kappa shape index (κ1) is 14.3. The predicted octanol–water partition coefficient (Wildman–Crippen LogP) is 0.351. The molecule has 1 aliphatic heterocycles. The zero-order valence-electron chi connectivity index (χ0n) is 11.0. The normalized spacial score (nSPS) is 23.5. The molecule has 0 saturated carbocycles. The summed E-state index contributed by atoms with van der Waals surface area (Å²) in [6, 6.07) is 0. The van der Waals surface area contributed by atoms with Gasteiger partial charge in [-0.1, -0.05) is 0 Å². The van der Waals surface area contributed by atoms with E-state index in [2.05, 4.69) is 29.5 Å². The summed E-state index contributed by atoms with van der Waals surface area (Å²) < 4.78 is 5.44. The molecule has 0 aromatic heterocycles. The van der Waals surface area contributed by atoms with Gasteiger partial charge in [0, 0.05) is 31.7 Å². The number of nitrogens with one attached hydrogen (secondary N) is 2. The molecule has 1 saturated heterocycles. The second kappa shape index (κ2) is 7.50. The van der Waals surface area contributed by atoms with Gasteiger partial charge in [0.2, 0.25) is 0 Å². The fourth-order valence-corrected chi connectivity index (χ4v) is 2.04. The summed E-state index contributed by atoms with van der Waals surface area (Å²) in [6.07, 6.45) is 1.75. The largest absolute Gasteiger partial charge is 0.396 e. The number of ether oxygens (including phenoxy) is 1. The van der Waals surface area contributed by atoms with Gasteiger partial charge in [-0.15, -0.1) is 0 Å². The van der Waals surface area contributed by atoms with Crippen LogP contribution in [0, 0.1) is 5.41 Å². The van der Waals surface area contributed by atoms with Gasteiger partial charge in [-0.05, 0) is 26.7 Å². The number of nitrogens with zero attached hydrogens (tertiary/aromatic N) is 1. The van der Waals surface area contributed by atoms with E-state index in [0.29, 0.717) is 13.2 Å². The summed E-state index contributed by atoms with van der Waals surface area (Å²) in [4.78, 5) is 4.58. The third-order valence-corrected chi connectivity index (χ3v) is 3.09. The third kappa shape index (κ3) is 4.52. The van der Waals surface area contributed by atoms with E-state index >= 15 is 0 Å². The lowest BCUT2D eigenvalue weighted by Gasteiger charge is -2.24. The predicted molar refractivity (Wildman–Crippen MR) is 69.2 cm³/mol. The lowest BCUT2D eigenvalue weighted by atomic mass is 9.84. The minimum atomic E-state index is 0.0326. The van der Waals surface area contributed by atoms with Crippen molar-refractivity contribution in [1.82, 2.24) is 10.6 Å². The molecule has 0 aromatic carbocycles. The highest BCUT2D eigenvalue weighted by Crippen LogP contribution is 2.32. The number of rotatable bonds is 6. The maximum atomic E-state index is 9.13. The molecule has 5 heteroatoms. The molecule has 1 fully saturated rings. The van der Waals surface area contributed by atoms with Gasteiger partial charge < -0.3 is 20.5 Å². The first-order valence-corrected chi connectivity index (χ1v) is 6.47. The quantitative estimate of drug-likeness (QED) is 0.465. The second-order valence-corrected chi connectivity index (χ2v) is 4.50. The van der Waals surface area contributed by atoms with Crippen molar-refractivity contribution in [2.45, 2.75) is 26.7 Å². The smallest absolute Gasteiger partial charge is 0.191 e. The van der Waals surface area contributed by atoms with Gasteiger partial charge >= 0.3 is 0 Å². The Morgan fingerprint density at radius 2 is 2.06 bits per heavy atom. The Balaban J connectivity index is 2.55. The van der Waals surface area contributed by atoms with Crippen molar-refractivity contribution in [3.05, 3.63) is 0 Å². The van der Waals surface area contributed by atoms with E-state index < -0.39 is 0 Å². The molecule has 17 heavy (non-hydrogen) atoms. The van der Waals surface area contributed by atoms with Gasteiger partial charge in [0.25, 0.3) is 0 Å². The van der Waals surface area contributed by atoms with Crippen molar-refractivity contribution in [1.29, 1.82) is 0 Å². The van der Waals surface area contributed by atoms with E-state index in [-0.39, 0.29) is 12.0 Å². The lowest BCUT2D eigenvalue weighted by Crippen LogP contribution is -2.38. The van der Waals surface area contributed by atoms with Crippen LogP contribution in [0.25, 0.3) is 0 Å². The molecule has 0 aromatic rings. The first-order chi connectivity index (χ1) is 8.26. The minimum Gasteiger partial charge on any atom is -0.396 e. The molecule has 0 bridgehead atoms. The van der Waals surface area contributed by atoms with Crippen molar-refractivity contribution in [3.8, 4) is 0 Å². The Kier molecular flexibility index (Phi) is 6.29. The van der Waals surface area contributed by atoms with Crippen LogP contribution in [-0.2, 0) is 4.74 Å². The van der Waals surface area contributed by atoms with Gasteiger partial charge in [0.15, 0.2) is 5.96 Å². The standard InChI is InChI=1S/C12H25N3O2/c1-3-13-11(14-4-2)15-9-12(5-7-16)6-8-17-10-12/h16H,3-10H2,1-2H3,(H2,13,14,15). The van der Waals surface area contributed by atoms with E-state index in [1.807, 2.05) is 0 Å². The molecule has 1 aliphatic rings. The highest BCUT2D eigenvalue weighted by Gasteiger charge is 2.34. The molecular weight excluding hydrogens is 218 g/mol. The highest BCUT2D eigenvalue weighted by molar-refractivity contribution is 5.79. The van der Waals surface area contributed by atoms with E-state index in [1.54, 1.807) is 0 Å². The fourth-order valence-electron chi connectivity index (χ4n) is 2.04. The topological polar surface area (TPSA) is 65.9 Å².